The molecule has 0 fully saturated rings. The van der Waals surface area contributed by atoms with Gasteiger partial charge in [-0.3, -0.25) is 4.79 Å². The van der Waals surface area contributed by atoms with Crippen molar-refractivity contribution in [1.82, 2.24) is 0 Å². The molecule has 1 aromatic rings. The Morgan fingerprint density at radius 3 is 2.62 bits per heavy atom. The van der Waals surface area contributed by atoms with Gasteiger partial charge in [-0.05, 0) is 18.1 Å². The molecule has 0 spiro atoms. The third kappa shape index (κ3) is 3.03. The van der Waals surface area contributed by atoms with Gasteiger partial charge in [0.1, 0.15) is 11.9 Å². The molecule has 1 aromatic carbocycles. The van der Waals surface area contributed by atoms with E-state index in [-0.39, 0.29) is 11.9 Å². The molecule has 1 atom stereocenters. The standard InChI is InChI=1S/C9H11BFNO4/c11-7-2-1-5(3-6(7)10(15)16)4-8(12)9(13)14/h1-3,8,15-16H,4,12H2,(H,13,14)/t8-/m0/s1. The minimum absolute atomic E-state index is 0.00463. The molecule has 0 saturated carbocycles. The molecule has 0 unspecified atom stereocenters. The molecule has 0 aliphatic rings. The minimum atomic E-state index is -1.93. The molecular weight excluding hydrogens is 216 g/mol. The fourth-order valence-corrected chi connectivity index (χ4v) is 1.26. The summed E-state index contributed by atoms with van der Waals surface area (Å²) in [5, 5.41) is 26.3. The molecule has 0 aliphatic carbocycles. The number of hydrogen-bond acceptors (Lipinski definition) is 4. The van der Waals surface area contributed by atoms with E-state index in [0.717, 1.165) is 6.07 Å². The van der Waals surface area contributed by atoms with Gasteiger partial charge in [0.25, 0.3) is 0 Å². The van der Waals surface area contributed by atoms with Gasteiger partial charge in [-0.15, -0.1) is 0 Å². The van der Waals surface area contributed by atoms with Crippen molar-refractivity contribution in [2.45, 2.75) is 12.5 Å². The van der Waals surface area contributed by atoms with E-state index in [1.54, 1.807) is 0 Å². The Morgan fingerprint density at radius 2 is 2.12 bits per heavy atom. The van der Waals surface area contributed by atoms with Crippen LogP contribution in [-0.2, 0) is 11.2 Å². The number of benzene rings is 1. The molecule has 0 aliphatic heterocycles. The molecule has 0 heterocycles. The topological polar surface area (TPSA) is 104 Å². The summed E-state index contributed by atoms with van der Waals surface area (Å²) in [5.74, 6) is -1.93. The maximum absolute atomic E-state index is 13.0. The average Bonchev–Trinajstić information content (AvgIpc) is 2.20. The number of carboxylic acid groups (broad SMARTS) is 1. The molecule has 0 radical (unpaired) electrons. The van der Waals surface area contributed by atoms with Crippen molar-refractivity contribution >= 4 is 18.6 Å². The van der Waals surface area contributed by atoms with Crippen molar-refractivity contribution in [2.75, 3.05) is 0 Å². The lowest BCUT2D eigenvalue weighted by Crippen LogP contribution is -2.35. The highest BCUT2D eigenvalue weighted by molar-refractivity contribution is 6.58. The predicted octanol–water partition coefficient (Wildman–Crippen LogP) is -1.54. The summed E-state index contributed by atoms with van der Waals surface area (Å²) in [5.41, 5.74) is 5.43. The lowest BCUT2D eigenvalue weighted by atomic mass is 9.78. The number of aliphatic carboxylic acids is 1. The van der Waals surface area contributed by atoms with Crippen LogP contribution in [0.15, 0.2) is 18.2 Å². The van der Waals surface area contributed by atoms with Crippen LogP contribution >= 0.6 is 0 Å². The van der Waals surface area contributed by atoms with E-state index in [9.17, 15) is 9.18 Å². The maximum atomic E-state index is 13.0. The minimum Gasteiger partial charge on any atom is -0.480 e. The Bertz CT molecular complexity index is 399. The van der Waals surface area contributed by atoms with Gasteiger partial charge in [-0.25, -0.2) is 4.39 Å². The number of rotatable bonds is 4. The summed E-state index contributed by atoms with van der Waals surface area (Å²) < 4.78 is 13.0. The number of nitrogens with two attached hydrogens (primary N) is 1. The van der Waals surface area contributed by atoms with Crippen molar-refractivity contribution in [3.05, 3.63) is 29.6 Å². The Labute approximate surface area is 91.5 Å². The van der Waals surface area contributed by atoms with Gasteiger partial charge in [-0.1, -0.05) is 12.1 Å². The van der Waals surface area contributed by atoms with Gasteiger partial charge >= 0.3 is 13.1 Å². The van der Waals surface area contributed by atoms with Crippen LogP contribution in [0.4, 0.5) is 4.39 Å². The largest absolute Gasteiger partial charge is 0.491 e. The van der Waals surface area contributed by atoms with Gasteiger partial charge in [0, 0.05) is 5.46 Å². The summed E-state index contributed by atoms with van der Waals surface area (Å²) in [6, 6.07) is 2.47. The van der Waals surface area contributed by atoms with E-state index in [1.807, 2.05) is 0 Å². The van der Waals surface area contributed by atoms with Crippen LogP contribution < -0.4 is 11.2 Å². The molecule has 16 heavy (non-hydrogen) atoms. The molecule has 86 valence electrons. The zero-order valence-corrected chi connectivity index (χ0v) is 8.30. The van der Waals surface area contributed by atoms with Crippen LogP contribution in [0.3, 0.4) is 0 Å². The SMILES string of the molecule is N[C@@H](Cc1ccc(F)c(B(O)O)c1)C(=O)O. The van der Waals surface area contributed by atoms with Crippen LogP contribution in [-0.4, -0.2) is 34.3 Å². The molecule has 0 aromatic heterocycles. The first kappa shape index (κ1) is 12.6. The summed E-state index contributed by atoms with van der Waals surface area (Å²) in [6.07, 6.45) is -0.00463. The molecule has 1 rings (SSSR count). The second-order valence-electron chi connectivity index (χ2n) is 3.38. The summed E-state index contributed by atoms with van der Waals surface area (Å²) in [4.78, 5) is 10.5. The van der Waals surface area contributed by atoms with Gasteiger partial charge in [-0.2, -0.15) is 0 Å². The Morgan fingerprint density at radius 1 is 1.50 bits per heavy atom. The molecule has 7 heteroatoms. The van der Waals surface area contributed by atoms with Crippen LogP contribution in [0.25, 0.3) is 0 Å². The average molecular weight is 227 g/mol. The zero-order chi connectivity index (χ0) is 12.3. The molecular formula is C9H11BFNO4. The molecule has 0 saturated heterocycles. The van der Waals surface area contributed by atoms with Crippen molar-refractivity contribution in [2.24, 2.45) is 5.73 Å². The lowest BCUT2D eigenvalue weighted by molar-refractivity contribution is -0.138. The van der Waals surface area contributed by atoms with Gasteiger partial charge < -0.3 is 20.9 Å². The number of carboxylic acids is 1. The fourth-order valence-electron chi connectivity index (χ4n) is 1.26. The fraction of sp³-hybridized carbons (Fsp3) is 0.222. The zero-order valence-electron chi connectivity index (χ0n) is 8.30. The number of halogens is 1. The Balaban J connectivity index is 2.91. The Kier molecular flexibility index (Phi) is 4.00. The van der Waals surface area contributed by atoms with E-state index < -0.39 is 24.9 Å². The highest BCUT2D eigenvalue weighted by atomic mass is 19.1. The second-order valence-corrected chi connectivity index (χ2v) is 3.38. The van der Waals surface area contributed by atoms with Crippen LogP contribution in [0.5, 0.6) is 0 Å². The number of carbonyl (C=O) groups is 1. The third-order valence-electron chi connectivity index (χ3n) is 2.11. The monoisotopic (exact) mass is 227 g/mol. The van der Waals surface area contributed by atoms with Gasteiger partial charge in [0.2, 0.25) is 0 Å². The quantitative estimate of drug-likeness (QED) is 0.466. The smallest absolute Gasteiger partial charge is 0.480 e. The normalized spacial score (nSPS) is 12.2. The first-order valence-electron chi connectivity index (χ1n) is 4.54. The first-order chi connectivity index (χ1) is 7.41. The summed E-state index contributed by atoms with van der Waals surface area (Å²) in [7, 11) is -1.93. The highest BCUT2D eigenvalue weighted by Crippen LogP contribution is 2.04. The maximum Gasteiger partial charge on any atom is 0.491 e. The van der Waals surface area contributed by atoms with Gasteiger partial charge in [0.15, 0.2) is 0 Å². The summed E-state index contributed by atoms with van der Waals surface area (Å²) >= 11 is 0. The third-order valence-corrected chi connectivity index (χ3v) is 2.11. The predicted molar refractivity (Wildman–Crippen MR) is 55.5 cm³/mol. The van der Waals surface area contributed by atoms with Crippen molar-refractivity contribution in [3.8, 4) is 0 Å². The first-order valence-corrected chi connectivity index (χ1v) is 4.54. The van der Waals surface area contributed by atoms with Gasteiger partial charge in [0.05, 0.1) is 0 Å². The van der Waals surface area contributed by atoms with E-state index in [2.05, 4.69) is 0 Å². The van der Waals surface area contributed by atoms with Crippen molar-refractivity contribution in [3.63, 3.8) is 0 Å². The molecule has 5 N–H and O–H groups in total. The highest BCUT2D eigenvalue weighted by Gasteiger charge is 2.18. The Hall–Kier alpha value is -1.44. The number of hydrogen-bond donors (Lipinski definition) is 4. The van der Waals surface area contributed by atoms with Crippen LogP contribution in [0.2, 0.25) is 0 Å². The van der Waals surface area contributed by atoms with E-state index >= 15 is 0 Å². The lowest BCUT2D eigenvalue weighted by Gasteiger charge is -2.08. The second kappa shape index (κ2) is 5.06. The van der Waals surface area contributed by atoms with Crippen LogP contribution in [0, 0.1) is 5.82 Å². The van der Waals surface area contributed by atoms with Crippen molar-refractivity contribution in [1.29, 1.82) is 0 Å². The molecule has 0 amide bonds. The van der Waals surface area contributed by atoms with Crippen molar-refractivity contribution < 1.29 is 24.3 Å². The van der Waals surface area contributed by atoms with Crippen LogP contribution in [0.1, 0.15) is 5.56 Å². The van der Waals surface area contributed by atoms with E-state index in [1.165, 1.54) is 12.1 Å². The van der Waals surface area contributed by atoms with E-state index in [0.29, 0.717) is 5.56 Å². The molecule has 5 nitrogen and oxygen atoms in total. The van der Waals surface area contributed by atoms with E-state index in [4.69, 9.17) is 20.9 Å². The summed E-state index contributed by atoms with van der Waals surface area (Å²) in [6.45, 7) is 0. The molecule has 0 bridgehead atoms.